The van der Waals surface area contributed by atoms with Crippen LogP contribution in [0.2, 0.25) is 0 Å². The third-order valence-electron chi connectivity index (χ3n) is 0.426. The first-order valence-electron chi connectivity index (χ1n) is 3.22. The molecule has 0 spiro atoms. The maximum absolute atomic E-state index is 9.93. The highest BCUT2D eigenvalue weighted by Gasteiger charge is 1.78. The van der Waals surface area contributed by atoms with Gasteiger partial charge in [-0.25, -0.2) is 0 Å². The molecule has 0 aromatic rings. The Morgan fingerprint density at radius 2 is 1.89 bits per heavy atom. The largest absolute Gasteiger partial charge is 0.357 e. The van der Waals surface area contributed by atoms with Crippen LogP contribution in [0.4, 0.5) is 0 Å². The van der Waals surface area contributed by atoms with Crippen molar-refractivity contribution in [2.75, 3.05) is 6.54 Å². The molecular formula is C7H16NO. The fourth-order valence-electron chi connectivity index (χ4n) is 0.249. The van der Waals surface area contributed by atoms with Crippen molar-refractivity contribution in [3.8, 4) is 0 Å². The number of carbonyl (C=O) groups excluding carboxylic acids is 1. The molecule has 2 nitrogen and oxygen atoms in total. The average Bonchev–Trinajstić information content (AvgIpc) is 1.67. The van der Waals surface area contributed by atoms with Crippen LogP contribution >= 0.6 is 0 Å². The zero-order valence-corrected chi connectivity index (χ0v) is 6.53. The second-order valence-electron chi connectivity index (χ2n) is 1.59. The molecule has 0 aromatic heterocycles. The van der Waals surface area contributed by atoms with Gasteiger partial charge in [0, 0.05) is 13.5 Å². The highest BCUT2D eigenvalue weighted by molar-refractivity contribution is 5.72. The first-order chi connectivity index (χ1) is 4.18. The molecule has 0 atom stereocenters. The monoisotopic (exact) mass is 130 g/mol. The van der Waals surface area contributed by atoms with Gasteiger partial charge in [-0.1, -0.05) is 20.3 Å². The van der Waals surface area contributed by atoms with Crippen molar-refractivity contribution < 1.29 is 4.79 Å². The first-order valence-corrected chi connectivity index (χ1v) is 3.22. The number of carbonyl (C=O) groups is 1. The molecule has 0 saturated carbocycles. The third-order valence-corrected chi connectivity index (χ3v) is 0.426. The molecule has 1 N–H and O–H groups in total. The SMILES string of the molecule is CCNC(C)=O.[CH2]CC. The van der Waals surface area contributed by atoms with E-state index in [0.29, 0.717) is 0 Å². The van der Waals surface area contributed by atoms with Gasteiger partial charge in [0.15, 0.2) is 0 Å². The summed E-state index contributed by atoms with van der Waals surface area (Å²) >= 11 is 0. The quantitative estimate of drug-likeness (QED) is 0.570. The van der Waals surface area contributed by atoms with Gasteiger partial charge in [0.05, 0.1) is 0 Å². The topological polar surface area (TPSA) is 29.1 Å². The molecule has 0 aliphatic heterocycles. The van der Waals surface area contributed by atoms with Crippen LogP contribution < -0.4 is 5.32 Å². The lowest BCUT2D eigenvalue weighted by Gasteiger charge is -1.88. The van der Waals surface area contributed by atoms with Crippen molar-refractivity contribution in [1.29, 1.82) is 0 Å². The van der Waals surface area contributed by atoms with E-state index in [9.17, 15) is 4.79 Å². The zero-order valence-electron chi connectivity index (χ0n) is 6.53. The number of hydrogen-bond donors (Lipinski definition) is 1. The Morgan fingerprint density at radius 3 is 1.89 bits per heavy atom. The van der Waals surface area contributed by atoms with E-state index in [2.05, 4.69) is 12.2 Å². The van der Waals surface area contributed by atoms with Crippen molar-refractivity contribution in [1.82, 2.24) is 5.32 Å². The summed E-state index contributed by atoms with van der Waals surface area (Å²) in [6.45, 7) is 9.63. The van der Waals surface area contributed by atoms with E-state index in [4.69, 9.17) is 0 Å². The van der Waals surface area contributed by atoms with Crippen molar-refractivity contribution >= 4 is 5.91 Å². The minimum absolute atomic E-state index is 0.0394. The lowest BCUT2D eigenvalue weighted by atomic mass is 10.6. The molecule has 0 unspecified atom stereocenters. The molecule has 0 rings (SSSR count). The standard InChI is InChI=1S/C4H9NO.C3H7/c1-3-5-4(2)6;1-3-2/h3H2,1-2H3,(H,5,6);1,3H2,2H3. The average molecular weight is 130 g/mol. The van der Waals surface area contributed by atoms with E-state index < -0.39 is 0 Å². The summed E-state index contributed by atoms with van der Waals surface area (Å²) in [7, 11) is 0. The van der Waals surface area contributed by atoms with Crippen LogP contribution in [0, 0.1) is 6.92 Å². The molecule has 0 aliphatic carbocycles. The van der Waals surface area contributed by atoms with Crippen LogP contribution in [0.5, 0.6) is 0 Å². The molecule has 1 radical (unpaired) electrons. The molecule has 1 amide bonds. The minimum atomic E-state index is 0.0394. The molecule has 2 heteroatoms. The summed E-state index contributed by atoms with van der Waals surface area (Å²) < 4.78 is 0. The minimum Gasteiger partial charge on any atom is -0.357 e. The van der Waals surface area contributed by atoms with Crippen LogP contribution in [0.15, 0.2) is 0 Å². The summed E-state index contributed by atoms with van der Waals surface area (Å²) in [4.78, 5) is 9.93. The predicted molar refractivity (Wildman–Crippen MR) is 40.0 cm³/mol. The Morgan fingerprint density at radius 1 is 1.56 bits per heavy atom. The van der Waals surface area contributed by atoms with Gasteiger partial charge in [-0.2, -0.15) is 0 Å². The molecule has 0 heterocycles. The first kappa shape index (κ1) is 11.3. The molecule has 0 aromatic carbocycles. The molecule has 9 heavy (non-hydrogen) atoms. The van der Waals surface area contributed by atoms with Crippen LogP contribution in [0.3, 0.4) is 0 Å². The number of amides is 1. The van der Waals surface area contributed by atoms with Gasteiger partial charge in [-0.05, 0) is 6.92 Å². The summed E-state index contributed by atoms with van der Waals surface area (Å²) in [6, 6.07) is 0. The predicted octanol–water partition coefficient (Wildman–Crippen LogP) is 1.37. The molecular weight excluding hydrogens is 114 g/mol. The van der Waals surface area contributed by atoms with Crippen LogP contribution in [0.25, 0.3) is 0 Å². The van der Waals surface area contributed by atoms with Crippen molar-refractivity contribution in [3.05, 3.63) is 6.92 Å². The lowest BCUT2D eigenvalue weighted by Crippen LogP contribution is -2.18. The smallest absolute Gasteiger partial charge is 0.216 e. The second kappa shape index (κ2) is 10.5. The van der Waals surface area contributed by atoms with E-state index in [0.717, 1.165) is 13.0 Å². The Balaban J connectivity index is 0. The van der Waals surface area contributed by atoms with E-state index in [-0.39, 0.29) is 5.91 Å². The molecule has 0 saturated heterocycles. The summed E-state index contributed by atoms with van der Waals surface area (Å²) in [5.74, 6) is 0.0394. The number of hydrogen-bond acceptors (Lipinski definition) is 1. The van der Waals surface area contributed by atoms with Gasteiger partial charge in [-0.15, -0.1) is 0 Å². The van der Waals surface area contributed by atoms with Crippen LogP contribution in [-0.4, -0.2) is 12.5 Å². The summed E-state index contributed by atoms with van der Waals surface area (Å²) in [5, 5.41) is 2.57. The summed E-state index contributed by atoms with van der Waals surface area (Å²) in [5.41, 5.74) is 0. The van der Waals surface area contributed by atoms with E-state index >= 15 is 0 Å². The number of rotatable bonds is 1. The van der Waals surface area contributed by atoms with Gasteiger partial charge < -0.3 is 5.32 Å². The Bertz CT molecular complexity index is 61.9. The fourth-order valence-corrected chi connectivity index (χ4v) is 0.249. The Kier molecular flexibility index (Phi) is 13.1. The number of nitrogens with one attached hydrogen (secondary N) is 1. The maximum atomic E-state index is 9.93. The van der Waals surface area contributed by atoms with E-state index in [1.54, 1.807) is 0 Å². The molecule has 0 aliphatic rings. The van der Waals surface area contributed by atoms with Crippen LogP contribution in [-0.2, 0) is 4.79 Å². The molecule has 55 valence electrons. The van der Waals surface area contributed by atoms with Gasteiger partial charge in [0.25, 0.3) is 0 Å². The van der Waals surface area contributed by atoms with Crippen molar-refractivity contribution in [3.63, 3.8) is 0 Å². The lowest BCUT2D eigenvalue weighted by molar-refractivity contribution is -0.118. The van der Waals surface area contributed by atoms with Crippen LogP contribution in [0.1, 0.15) is 27.2 Å². The normalized spacial score (nSPS) is 7.11. The van der Waals surface area contributed by atoms with Gasteiger partial charge in [-0.3, -0.25) is 4.79 Å². The highest BCUT2D eigenvalue weighted by atomic mass is 16.1. The van der Waals surface area contributed by atoms with Crippen molar-refractivity contribution in [2.24, 2.45) is 0 Å². The molecule has 0 fully saturated rings. The fraction of sp³-hybridized carbons (Fsp3) is 0.714. The van der Waals surface area contributed by atoms with E-state index in [1.165, 1.54) is 6.92 Å². The van der Waals surface area contributed by atoms with Gasteiger partial charge in [0.1, 0.15) is 0 Å². The van der Waals surface area contributed by atoms with Gasteiger partial charge >= 0.3 is 0 Å². The Hall–Kier alpha value is -0.530. The Labute approximate surface area is 57.6 Å². The maximum Gasteiger partial charge on any atom is 0.216 e. The second-order valence-corrected chi connectivity index (χ2v) is 1.59. The van der Waals surface area contributed by atoms with E-state index in [1.807, 2.05) is 13.8 Å². The summed E-state index contributed by atoms with van der Waals surface area (Å²) in [6.07, 6.45) is 1.00. The van der Waals surface area contributed by atoms with Gasteiger partial charge in [0.2, 0.25) is 5.91 Å². The van der Waals surface area contributed by atoms with Crippen molar-refractivity contribution in [2.45, 2.75) is 27.2 Å². The highest BCUT2D eigenvalue weighted by Crippen LogP contribution is 1.55. The third kappa shape index (κ3) is 36.6. The zero-order chi connectivity index (χ0) is 7.70. The molecule has 0 bridgehead atoms.